The summed E-state index contributed by atoms with van der Waals surface area (Å²) in [5.74, 6) is -1.23. The molecule has 3 aromatic rings. The zero-order valence-corrected chi connectivity index (χ0v) is 15.1. The Hall–Kier alpha value is -3.23. The molecule has 3 heteroatoms. The Morgan fingerprint density at radius 2 is 1.11 bits per heavy atom. The van der Waals surface area contributed by atoms with Crippen molar-refractivity contribution in [3.63, 3.8) is 0 Å². The van der Waals surface area contributed by atoms with Crippen LogP contribution in [0.4, 0.5) is 0 Å². The summed E-state index contributed by atoms with van der Waals surface area (Å²) in [5, 5.41) is -0.0388. The van der Waals surface area contributed by atoms with Crippen LogP contribution in [0, 0.1) is 0 Å². The molecule has 0 aliphatic heterocycles. The van der Waals surface area contributed by atoms with E-state index < -0.39 is 11.6 Å². The molecule has 4 rings (SSSR count). The van der Waals surface area contributed by atoms with Crippen molar-refractivity contribution in [1.82, 2.24) is 0 Å². The lowest BCUT2D eigenvalue weighted by molar-refractivity contribution is -0.111. The predicted octanol–water partition coefficient (Wildman–Crippen LogP) is 5.53. The van der Waals surface area contributed by atoms with E-state index in [-0.39, 0.29) is 5.03 Å². The molecule has 0 aromatic heterocycles. The Morgan fingerprint density at radius 1 is 0.630 bits per heavy atom. The first kappa shape index (κ1) is 17.2. The summed E-state index contributed by atoms with van der Waals surface area (Å²) in [6, 6.07) is 26.9. The highest BCUT2D eigenvalue weighted by Crippen LogP contribution is 2.36. The van der Waals surface area contributed by atoms with Crippen molar-refractivity contribution in [2.45, 2.75) is 0 Å². The molecule has 0 N–H and O–H groups in total. The average molecular weight is 371 g/mol. The van der Waals surface area contributed by atoms with E-state index in [0.717, 1.165) is 16.7 Å². The van der Waals surface area contributed by atoms with Gasteiger partial charge < -0.3 is 0 Å². The molecule has 1 aliphatic rings. The van der Waals surface area contributed by atoms with Crippen molar-refractivity contribution in [2.24, 2.45) is 0 Å². The second-order valence-corrected chi connectivity index (χ2v) is 6.60. The maximum atomic E-state index is 12.4. The second kappa shape index (κ2) is 7.18. The smallest absolute Gasteiger partial charge is 0.245 e. The van der Waals surface area contributed by atoms with Gasteiger partial charge in [0, 0.05) is 11.1 Å². The van der Waals surface area contributed by atoms with E-state index in [0.29, 0.717) is 16.7 Å². The minimum absolute atomic E-state index is 0.0388. The van der Waals surface area contributed by atoms with E-state index in [9.17, 15) is 9.59 Å². The maximum Gasteiger partial charge on any atom is 0.245 e. The van der Waals surface area contributed by atoms with Gasteiger partial charge in [0.05, 0.1) is 5.03 Å². The van der Waals surface area contributed by atoms with Crippen LogP contribution < -0.4 is 0 Å². The van der Waals surface area contributed by atoms with Gasteiger partial charge in [0.2, 0.25) is 11.6 Å². The molecule has 0 unspecified atom stereocenters. The molecular formula is C24H15ClO2. The van der Waals surface area contributed by atoms with E-state index in [1.807, 2.05) is 78.9 Å². The molecule has 3 aromatic carbocycles. The third-order valence-corrected chi connectivity index (χ3v) is 4.94. The first-order valence-electron chi connectivity index (χ1n) is 8.57. The quantitative estimate of drug-likeness (QED) is 0.568. The van der Waals surface area contributed by atoms with Gasteiger partial charge in [-0.1, -0.05) is 96.5 Å². The van der Waals surface area contributed by atoms with Crippen LogP contribution in [0.2, 0.25) is 0 Å². The molecule has 0 heterocycles. The number of fused-ring (bicyclic) bond motifs is 1. The van der Waals surface area contributed by atoms with Gasteiger partial charge in [-0.25, -0.2) is 0 Å². The standard InChI is InChI=1S/C24H15ClO2/c25-22-21(18-13-7-8-14-19(18)23(26)24(22)27)15-20(16-9-3-1-4-10-16)17-11-5-2-6-12-17/h1-15H. The third-order valence-electron chi connectivity index (χ3n) is 4.56. The van der Waals surface area contributed by atoms with Gasteiger partial charge in [-0.2, -0.15) is 0 Å². The SMILES string of the molecule is O=C1C(=O)c2ccccc2C(C=C(c2ccccc2)c2ccccc2)=C1Cl. The second-order valence-electron chi connectivity index (χ2n) is 6.22. The van der Waals surface area contributed by atoms with Crippen LogP contribution in [0.5, 0.6) is 0 Å². The number of allylic oxidation sites excluding steroid dienone is 3. The highest BCUT2D eigenvalue weighted by Gasteiger charge is 2.30. The summed E-state index contributed by atoms with van der Waals surface area (Å²) in [6.07, 6.45) is 1.90. The van der Waals surface area contributed by atoms with Crippen LogP contribution in [0.1, 0.15) is 27.0 Å². The van der Waals surface area contributed by atoms with E-state index in [4.69, 9.17) is 11.6 Å². The van der Waals surface area contributed by atoms with Crippen LogP contribution >= 0.6 is 11.6 Å². The maximum absolute atomic E-state index is 12.4. The summed E-state index contributed by atoms with van der Waals surface area (Å²) in [7, 11) is 0. The largest absolute Gasteiger partial charge is 0.285 e. The molecule has 0 bridgehead atoms. The van der Waals surface area contributed by atoms with Crippen molar-refractivity contribution in [3.8, 4) is 0 Å². The van der Waals surface area contributed by atoms with Crippen LogP contribution in [0.3, 0.4) is 0 Å². The van der Waals surface area contributed by atoms with Gasteiger partial charge in [-0.05, 0) is 28.3 Å². The van der Waals surface area contributed by atoms with Crippen molar-refractivity contribution in [3.05, 3.63) is 118 Å². The third kappa shape index (κ3) is 3.16. The summed E-state index contributed by atoms with van der Waals surface area (Å²) in [6.45, 7) is 0. The lowest BCUT2D eigenvalue weighted by atomic mass is 9.86. The molecule has 0 saturated heterocycles. The first-order chi connectivity index (χ1) is 13.2. The van der Waals surface area contributed by atoms with E-state index in [1.54, 1.807) is 12.1 Å². The van der Waals surface area contributed by atoms with Crippen LogP contribution in [-0.2, 0) is 4.79 Å². The number of Topliss-reactive ketones (excluding diaryl/α,β-unsaturated/α-hetero) is 2. The van der Waals surface area contributed by atoms with Crippen molar-refractivity contribution in [2.75, 3.05) is 0 Å². The Balaban J connectivity index is 1.98. The molecule has 0 atom stereocenters. The summed E-state index contributed by atoms with van der Waals surface area (Å²) < 4.78 is 0. The fraction of sp³-hybridized carbons (Fsp3) is 0. The number of ketones is 2. The van der Waals surface area contributed by atoms with Gasteiger partial charge in [-0.3, -0.25) is 9.59 Å². The van der Waals surface area contributed by atoms with E-state index >= 15 is 0 Å². The average Bonchev–Trinajstić information content (AvgIpc) is 2.73. The molecule has 0 saturated carbocycles. The lowest BCUT2D eigenvalue weighted by Crippen LogP contribution is -2.21. The fourth-order valence-corrected chi connectivity index (χ4v) is 3.47. The van der Waals surface area contributed by atoms with Crippen LogP contribution in [0.25, 0.3) is 11.1 Å². The molecule has 2 nitrogen and oxygen atoms in total. The number of benzene rings is 3. The lowest BCUT2D eigenvalue weighted by Gasteiger charge is -2.18. The Labute approximate surface area is 162 Å². The molecule has 0 radical (unpaired) electrons. The number of rotatable bonds is 3. The Morgan fingerprint density at radius 3 is 1.67 bits per heavy atom. The number of carbonyl (C=O) groups excluding carboxylic acids is 2. The molecule has 0 spiro atoms. The van der Waals surface area contributed by atoms with E-state index in [2.05, 4.69) is 0 Å². The van der Waals surface area contributed by atoms with E-state index in [1.165, 1.54) is 0 Å². The minimum Gasteiger partial charge on any atom is -0.285 e. The highest BCUT2D eigenvalue weighted by molar-refractivity contribution is 6.64. The van der Waals surface area contributed by atoms with Crippen LogP contribution in [0.15, 0.2) is 96.0 Å². The Bertz CT molecular complexity index is 1050. The molecular weight excluding hydrogens is 356 g/mol. The van der Waals surface area contributed by atoms with Crippen LogP contribution in [-0.4, -0.2) is 11.6 Å². The number of carbonyl (C=O) groups is 2. The molecule has 130 valence electrons. The van der Waals surface area contributed by atoms with Gasteiger partial charge in [0.1, 0.15) is 0 Å². The topological polar surface area (TPSA) is 34.1 Å². The molecule has 1 aliphatic carbocycles. The summed E-state index contributed by atoms with van der Waals surface area (Å²) in [5.41, 5.74) is 4.57. The fourth-order valence-electron chi connectivity index (χ4n) is 3.23. The van der Waals surface area contributed by atoms with Gasteiger partial charge in [0.15, 0.2) is 0 Å². The monoisotopic (exact) mass is 370 g/mol. The van der Waals surface area contributed by atoms with Crippen molar-refractivity contribution >= 4 is 34.3 Å². The summed E-state index contributed by atoms with van der Waals surface area (Å²) in [4.78, 5) is 24.7. The molecule has 0 amide bonds. The van der Waals surface area contributed by atoms with Crippen molar-refractivity contribution < 1.29 is 9.59 Å². The minimum atomic E-state index is -0.665. The summed E-state index contributed by atoms with van der Waals surface area (Å²) >= 11 is 6.34. The van der Waals surface area contributed by atoms with Gasteiger partial charge in [0.25, 0.3) is 0 Å². The van der Waals surface area contributed by atoms with Gasteiger partial charge >= 0.3 is 0 Å². The predicted molar refractivity (Wildman–Crippen MR) is 109 cm³/mol. The first-order valence-corrected chi connectivity index (χ1v) is 8.95. The van der Waals surface area contributed by atoms with Crippen molar-refractivity contribution in [1.29, 1.82) is 0 Å². The number of hydrogen-bond donors (Lipinski definition) is 0. The molecule has 0 fully saturated rings. The number of halogens is 1. The molecule has 27 heavy (non-hydrogen) atoms. The van der Waals surface area contributed by atoms with Gasteiger partial charge in [-0.15, -0.1) is 0 Å². The number of hydrogen-bond acceptors (Lipinski definition) is 2. The zero-order chi connectivity index (χ0) is 18.8. The normalized spacial score (nSPS) is 13.4. The Kier molecular flexibility index (Phi) is 4.57. The zero-order valence-electron chi connectivity index (χ0n) is 14.4. The highest BCUT2D eigenvalue weighted by atomic mass is 35.5.